The Morgan fingerprint density at radius 3 is 2.53 bits per heavy atom. The number of aromatic amines is 1. The Hall–Kier alpha value is -1.10. The summed E-state index contributed by atoms with van der Waals surface area (Å²) >= 11 is 13.1. The molecule has 0 aliphatic rings. The molecular weight excluding hydrogens is 281 g/mol. The number of aromatic nitrogens is 1. The van der Waals surface area contributed by atoms with Crippen molar-refractivity contribution in [3.63, 3.8) is 0 Å². The van der Waals surface area contributed by atoms with Gasteiger partial charge in [-0.05, 0) is 30.3 Å². The van der Waals surface area contributed by atoms with Crippen LogP contribution in [0.5, 0.6) is 0 Å². The molecule has 0 amide bonds. The van der Waals surface area contributed by atoms with Gasteiger partial charge in [-0.25, -0.2) is 4.79 Å². The van der Waals surface area contributed by atoms with E-state index in [1.54, 1.807) is 18.2 Å². The number of halogens is 2. The quantitative estimate of drug-likeness (QED) is 0.891. The van der Waals surface area contributed by atoms with Crippen LogP contribution in [0.2, 0.25) is 10.0 Å². The summed E-state index contributed by atoms with van der Waals surface area (Å²) in [4.78, 5) is 14.4. The average Bonchev–Trinajstić information content (AvgIpc) is 2.72. The maximum Gasteiger partial charge on any atom is 0.352 e. The van der Waals surface area contributed by atoms with E-state index in [9.17, 15) is 4.79 Å². The second kappa shape index (κ2) is 5.04. The van der Waals surface area contributed by atoms with Gasteiger partial charge < -0.3 is 10.1 Å². The number of H-pyrrole nitrogens is 1. The minimum absolute atomic E-state index is 0.160. The van der Waals surface area contributed by atoms with Crippen molar-refractivity contribution < 1.29 is 9.90 Å². The second-order valence-electron chi connectivity index (χ2n) is 3.22. The van der Waals surface area contributed by atoms with E-state index in [4.69, 9.17) is 28.3 Å². The van der Waals surface area contributed by atoms with Crippen molar-refractivity contribution in [1.29, 1.82) is 0 Å². The number of hydrogen-bond donors (Lipinski definition) is 2. The Bertz CT molecular complexity index is 568. The smallest absolute Gasteiger partial charge is 0.352 e. The van der Waals surface area contributed by atoms with Crippen molar-refractivity contribution in [2.75, 3.05) is 0 Å². The van der Waals surface area contributed by atoms with Crippen molar-refractivity contribution in [3.05, 3.63) is 46.1 Å². The molecule has 0 saturated heterocycles. The Morgan fingerprint density at radius 1 is 1.18 bits per heavy atom. The molecule has 0 radical (unpaired) electrons. The second-order valence-corrected chi connectivity index (χ2v) is 5.15. The van der Waals surface area contributed by atoms with Crippen LogP contribution in [-0.2, 0) is 0 Å². The lowest BCUT2D eigenvalue weighted by Gasteiger charge is -2.01. The van der Waals surface area contributed by atoms with Crippen LogP contribution in [0, 0.1) is 0 Å². The molecule has 0 unspecified atom stereocenters. The number of aromatic carboxylic acids is 1. The van der Waals surface area contributed by atoms with Gasteiger partial charge in [0.05, 0.1) is 15.1 Å². The normalized spacial score (nSPS) is 10.5. The van der Waals surface area contributed by atoms with E-state index < -0.39 is 5.97 Å². The third kappa shape index (κ3) is 2.97. The maximum atomic E-state index is 10.7. The molecule has 0 saturated carbocycles. The van der Waals surface area contributed by atoms with E-state index >= 15 is 0 Å². The number of rotatable bonds is 3. The van der Waals surface area contributed by atoms with E-state index in [1.165, 1.54) is 17.8 Å². The molecule has 88 valence electrons. The first kappa shape index (κ1) is 12.4. The van der Waals surface area contributed by atoms with Crippen molar-refractivity contribution >= 4 is 40.9 Å². The van der Waals surface area contributed by atoms with Gasteiger partial charge in [0.25, 0.3) is 0 Å². The standard InChI is InChI=1S/C11H7Cl2NO2S/c12-7-2-1-6(5-8(7)13)17-10-4-3-9(14-10)11(15)16/h1-5,14H,(H,15,16). The predicted molar refractivity (Wildman–Crippen MR) is 68.3 cm³/mol. The zero-order chi connectivity index (χ0) is 12.4. The van der Waals surface area contributed by atoms with Crippen LogP contribution in [0.1, 0.15) is 10.5 Å². The van der Waals surface area contributed by atoms with Crippen LogP contribution in [0.15, 0.2) is 40.3 Å². The number of benzene rings is 1. The monoisotopic (exact) mass is 287 g/mol. The molecule has 0 aliphatic carbocycles. The molecule has 2 aromatic rings. The molecule has 0 atom stereocenters. The number of carbonyl (C=O) groups is 1. The van der Waals surface area contributed by atoms with Crippen LogP contribution in [0.3, 0.4) is 0 Å². The fraction of sp³-hybridized carbons (Fsp3) is 0. The Morgan fingerprint density at radius 2 is 1.94 bits per heavy atom. The molecular formula is C11H7Cl2NO2S. The largest absolute Gasteiger partial charge is 0.477 e. The van der Waals surface area contributed by atoms with Gasteiger partial charge in [0.1, 0.15) is 5.69 Å². The van der Waals surface area contributed by atoms with Crippen LogP contribution in [0.4, 0.5) is 0 Å². The Kier molecular flexibility index (Phi) is 3.66. The molecule has 0 bridgehead atoms. The fourth-order valence-corrected chi connectivity index (χ4v) is 2.45. The summed E-state index contributed by atoms with van der Waals surface area (Å²) in [6, 6.07) is 8.47. The SMILES string of the molecule is O=C(O)c1ccc(Sc2ccc(Cl)c(Cl)c2)[nH]1. The van der Waals surface area contributed by atoms with Crippen molar-refractivity contribution in [1.82, 2.24) is 4.98 Å². The van der Waals surface area contributed by atoms with Crippen molar-refractivity contribution in [3.8, 4) is 0 Å². The van der Waals surface area contributed by atoms with E-state index in [0.717, 1.165) is 9.92 Å². The molecule has 2 N–H and O–H groups in total. The number of carboxylic acid groups (broad SMARTS) is 1. The summed E-state index contributed by atoms with van der Waals surface area (Å²) < 4.78 is 0. The van der Waals surface area contributed by atoms with Crippen LogP contribution in [-0.4, -0.2) is 16.1 Å². The fourth-order valence-electron chi connectivity index (χ4n) is 1.23. The van der Waals surface area contributed by atoms with Gasteiger partial charge in [0, 0.05) is 4.90 Å². The first-order valence-electron chi connectivity index (χ1n) is 4.61. The maximum absolute atomic E-state index is 10.7. The molecule has 0 spiro atoms. The average molecular weight is 288 g/mol. The number of carboxylic acids is 1. The topological polar surface area (TPSA) is 53.1 Å². The van der Waals surface area contributed by atoms with E-state index in [1.807, 2.05) is 6.07 Å². The lowest BCUT2D eigenvalue weighted by molar-refractivity contribution is 0.0691. The first-order chi connectivity index (χ1) is 8.06. The first-order valence-corrected chi connectivity index (χ1v) is 6.19. The van der Waals surface area contributed by atoms with Gasteiger partial charge in [0.15, 0.2) is 0 Å². The minimum Gasteiger partial charge on any atom is -0.477 e. The Labute approximate surface area is 112 Å². The zero-order valence-corrected chi connectivity index (χ0v) is 10.7. The van der Waals surface area contributed by atoms with Crippen molar-refractivity contribution in [2.24, 2.45) is 0 Å². The number of nitrogens with one attached hydrogen (secondary N) is 1. The molecule has 1 aromatic carbocycles. The van der Waals surface area contributed by atoms with Gasteiger partial charge >= 0.3 is 5.97 Å². The third-order valence-corrected chi connectivity index (χ3v) is 3.70. The molecule has 6 heteroatoms. The van der Waals surface area contributed by atoms with Gasteiger partial charge in [-0.1, -0.05) is 35.0 Å². The highest BCUT2D eigenvalue weighted by Gasteiger charge is 2.07. The summed E-state index contributed by atoms with van der Waals surface area (Å²) in [5.41, 5.74) is 0.160. The third-order valence-electron chi connectivity index (χ3n) is 2.01. The molecule has 1 aromatic heterocycles. The van der Waals surface area contributed by atoms with Crippen LogP contribution >= 0.6 is 35.0 Å². The summed E-state index contributed by atoms with van der Waals surface area (Å²) in [5.74, 6) is -0.981. The predicted octanol–water partition coefficient (Wildman–Crippen LogP) is 4.17. The zero-order valence-electron chi connectivity index (χ0n) is 8.41. The summed E-state index contributed by atoms with van der Waals surface area (Å²) in [6.45, 7) is 0. The molecule has 0 aliphatic heterocycles. The van der Waals surface area contributed by atoms with Gasteiger partial charge in [0.2, 0.25) is 0 Å². The van der Waals surface area contributed by atoms with Gasteiger partial charge in [-0.3, -0.25) is 0 Å². The highest BCUT2D eigenvalue weighted by atomic mass is 35.5. The lowest BCUT2D eigenvalue weighted by Crippen LogP contribution is -1.95. The van der Waals surface area contributed by atoms with Crippen molar-refractivity contribution in [2.45, 2.75) is 9.92 Å². The summed E-state index contributed by atoms with van der Waals surface area (Å²) in [7, 11) is 0. The molecule has 1 heterocycles. The van der Waals surface area contributed by atoms with Gasteiger partial charge in [-0.2, -0.15) is 0 Å². The Balaban J connectivity index is 2.19. The molecule has 2 rings (SSSR count). The summed E-state index contributed by atoms with van der Waals surface area (Å²) in [6.07, 6.45) is 0. The molecule has 17 heavy (non-hydrogen) atoms. The lowest BCUT2D eigenvalue weighted by atomic mass is 10.4. The number of hydrogen-bond acceptors (Lipinski definition) is 2. The molecule has 0 fully saturated rings. The van der Waals surface area contributed by atoms with Crippen LogP contribution in [0.25, 0.3) is 0 Å². The highest BCUT2D eigenvalue weighted by molar-refractivity contribution is 7.99. The van der Waals surface area contributed by atoms with Crippen LogP contribution < -0.4 is 0 Å². The van der Waals surface area contributed by atoms with E-state index in [0.29, 0.717) is 10.0 Å². The highest BCUT2D eigenvalue weighted by Crippen LogP contribution is 2.31. The van der Waals surface area contributed by atoms with E-state index in [2.05, 4.69) is 4.98 Å². The minimum atomic E-state index is -0.981. The summed E-state index contributed by atoms with van der Waals surface area (Å²) in [5, 5.41) is 10.5. The molecule has 3 nitrogen and oxygen atoms in total. The van der Waals surface area contributed by atoms with E-state index in [-0.39, 0.29) is 5.69 Å². The van der Waals surface area contributed by atoms with Gasteiger partial charge in [-0.15, -0.1) is 0 Å².